The van der Waals surface area contributed by atoms with Crippen molar-refractivity contribution in [2.75, 3.05) is 7.05 Å². The second-order valence-corrected chi connectivity index (χ2v) is 8.69. The molecule has 6 unspecified atom stereocenters. The number of fused-ring (bicyclic) bond motifs is 8. The van der Waals surface area contributed by atoms with Gasteiger partial charge in [0.15, 0.2) is 0 Å². The van der Waals surface area contributed by atoms with Crippen molar-refractivity contribution in [3.63, 3.8) is 0 Å². The summed E-state index contributed by atoms with van der Waals surface area (Å²) in [6, 6.07) is 17.9. The molecule has 2 bridgehead atoms. The molecule has 2 amide bonds. The zero-order valence-corrected chi connectivity index (χ0v) is 16.6. The standard InChI is InChI=1S/C24H22N2O4/c1-26-23(27)18-15-11-16(19(18)24(26)28)22-20(15)21(25-30-22)14-9-5-6-10-17(14)29-12-13-7-3-2-4-8-13/h2-10,15-16,18-20,22H,11-12H2,1H3. The van der Waals surface area contributed by atoms with Gasteiger partial charge in [0, 0.05) is 24.4 Å². The molecule has 0 aromatic heterocycles. The van der Waals surface area contributed by atoms with E-state index in [4.69, 9.17) is 9.57 Å². The third kappa shape index (κ3) is 2.33. The second kappa shape index (κ2) is 6.42. The third-order valence-electron chi connectivity index (χ3n) is 7.31. The number of ether oxygens (including phenoxy) is 1. The van der Waals surface area contributed by atoms with Gasteiger partial charge in [0.05, 0.1) is 17.5 Å². The summed E-state index contributed by atoms with van der Waals surface area (Å²) in [5.41, 5.74) is 2.86. The molecule has 2 aromatic carbocycles. The molecule has 2 aliphatic heterocycles. The fourth-order valence-corrected chi connectivity index (χ4v) is 6.04. The number of imide groups is 1. The maximum absolute atomic E-state index is 12.7. The summed E-state index contributed by atoms with van der Waals surface area (Å²) < 4.78 is 6.14. The molecule has 2 aromatic rings. The van der Waals surface area contributed by atoms with Crippen LogP contribution in [0.25, 0.3) is 0 Å². The summed E-state index contributed by atoms with van der Waals surface area (Å²) in [6.45, 7) is 0.467. The quantitative estimate of drug-likeness (QED) is 0.738. The van der Waals surface area contributed by atoms with Gasteiger partial charge < -0.3 is 9.57 Å². The Hall–Kier alpha value is -3.15. The van der Waals surface area contributed by atoms with E-state index in [2.05, 4.69) is 5.16 Å². The molecular formula is C24H22N2O4. The van der Waals surface area contributed by atoms with Gasteiger partial charge in [0.25, 0.3) is 0 Å². The number of benzene rings is 2. The van der Waals surface area contributed by atoms with E-state index in [0.29, 0.717) is 6.61 Å². The molecule has 6 rings (SSSR count). The summed E-state index contributed by atoms with van der Waals surface area (Å²) in [7, 11) is 1.60. The lowest BCUT2D eigenvalue weighted by atomic mass is 9.71. The van der Waals surface area contributed by atoms with Crippen molar-refractivity contribution in [1.29, 1.82) is 0 Å². The Morgan fingerprint density at radius 1 is 0.967 bits per heavy atom. The highest BCUT2D eigenvalue weighted by Crippen LogP contribution is 2.61. The Morgan fingerprint density at radius 2 is 1.67 bits per heavy atom. The van der Waals surface area contributed by atoms with Gasteiger partial charge in [0.2, 0.25) is 11.8 Å². The van der Waals surface area contributed by atoms with Crippen molar-refractivity contribution in [3.05, 3.63) is 65.7 Å². The fourth-order valence-electron chi connectivity index (χ4n) is 6.04. The van der Waals surface area contributed by atoms with Gasteiger partial charge in [-0.25, -0.2) is 0 Å². The van der Waals surface area contributed by atoms with E-state index >= 15 is 0 Å². The molecule has 152 valence electrons. The SMILES string of the molecule is CN1C(=O)C2C3CC(C4C(c5ccccc5OCc5ccccc5)=NOC34)C2C1=O. The lowest BCUT2D eigenvalue weighted by molar-refractivity contribution is -0.139. The molecule has 2 saturated carbocycles. The molecule has 2 aliphatic carbocycles. The maximum atomic E-state index is 12.7. The lowest BCUT2D eigenvalue weighted by Crippen LogP contribution is -2.41. The predicted octanol–water partition coefficient (Wildman–Crippen LogP) is 2.87. The van der Waals surface area contributed by atoms with Crippen molar-refractivity contribution in [2.45, 2.75) is 19.1 Å². The minimum absolute atomic E-state index is 0.0287. The summed E-state index contributed by atoms with van der Waals surface area (Å²) in [5, 5.41) is 4.44. The van der Waals surface area contributed by atoms with Crippen LogP contribution in [0.15, 0.2) is 59.8 Å². The average Bonchev–Trinajstić information content (AvgIpc) is 3.51. The minimum atomic E-state index is -0.243. The van der Waals surface area contributed by atoms with Gasteiger partial charge in [-0.15, -0.1) is 0 Å². The van der Waals surface area contributed by atoms with E-state index in [-0.39, 0.29) is 47.5 Å². The number of carbonyl (C=O) groups is 2. The monoisotopic (exact) mass is 402 g/mol. The number of oxime groups is 1. The number of carbonyl (C=O) groups excluding carboxylic acids is 2. The molecule has 1 saturated heterocycles. The highest BCUT2D eigenvalue weighted by atomic mass is 16.6. The van der Waals surface area contributed by atoms with Crippen LogP contribution in [0.3, 0.4) is 0 Å². The topological polar surface area (TPSA) is 68.2 Å². The van der Waals surface area contributed by atoms with E-state index in [0.717, 1.165) is 29.0 Å². The van der Waals surface area contributed by atoms with E-state index in [1.54, 1.807) is 7.05 Å². The molecule has 2 heterocycles. The second-order valence-electron chi connectivity index (χ2n) is 8.69. The Kier molecular flexibility index (Phi) is 3.79. The van der Waals surface area contributed by atoms with Crippen LogP contribution >= 0.6 is 0 Å². The number of likely N-dealkylation sites (tertiary alicyclic amines) is 1. The summed E-state index contributed by atoms with van der Waals surface area (Å²) in [4.78, 5) is 32.5. The number of amides is 2. The molecule has 6 atom stereocenters. The third-order valence-corrected chi connectivity index (χ3v) is 7.31. The van der Waals surface area contributed by atoms with Crippen molar-refractivity contribution in [1.82, 2.24) is 4.90 Å². The van der Waals surface area contributed by atoms with Gasteiger partial charge in [0.1, 0.15) is 18.5 Å². The van der Waals surface area contributed by atoms with Crippen molar-refractivity contribution in [2.24, 2.45) is 34.7 Å². The number of rotatable bonds is 4. The minimum Gasteiger partial charge on any atom is -0.488 e. The van der Waals surface area contributed by atoms with Crippen LogP contribution in [0.1, 0.15) is 17.5 Å². The van der Waals surface area contributed by atoms with E-state index < -0.39 is 0 Å². The van der Waals surface area contributed by atoms with Crippen molar-refractivity contribution >= 4 is 17.5 Å². The Bertz CT molecular complexity index is 1070. The van der Waals surface area contributed by atoms with Crippen molar-refractivity contribution in [3.8, 4) is 5.75 Å². The normalized spacial score (nSPS) is 33.4. The van der Waals surface area contributed by atoms with Crippen molar-refractivity contribution < 1.29 is 19.2 Å². The summed E-state index contributed by atoms with van der Waals surface area (Å²) in [5.74, 6) is 0.358. The smallest absolute Gasteiger partial charge is 0.233 e. The van der Waals surface area contributed by atoms with Crippen LogP contribution in [0.5, 0.6) is 5.75 Å². The number of hydrogen-bond acceptors (Lipinski definition) is 5. The molecule has 30 heavy (non-hydrogen) atoms. The molecule has 3 fully saturated rings. The number of para-hydroxylation sites is 1. The highest BCUT2D eigenvalue weighted by molar-refractivity contribution is 6.09. The summed E-state index contributed by atoms with van der Waals surface area (Å²) in [6.07, 6.45) is 0.721. The molecule has 0 N–H and O–H groups in total. The van der Waals surface area contributed by atoms with Crippen LogP contribution in [-0.4, -0.2) is 35.6 Å². The van der Waals surface area contributed by atoms with E-state index in [1.165, 1.54) is 4.90 Å². The van der Waals surface area contributed by atoms with Gasteiger partial charge >= 0.3 is 0 Å². The van der Waals surface area contributed by atoms with Crippen LogP contribution in [-0.2, 0) is 21.0 Å². The largest absolute Gasteiger partial charge is 0.488 e. The van der Waals surface area contributed by atoms with Crippen LogP contribution in [0.4, 0.5) is 0 Å². The first-order valence-corrected chi connectivity index (χ1v) is 10.5. The van der Waals surface area contributed by atoms with Crippen LogP contribution in [0, 0.1) is 29.6 Å². The molecule has 6 heteroatoms. The number of hydrogen-bond donors (Lipinski definition) is 0. The Labute approximate surface area is 174 Å². The first kappa shape index (κ1) is 17.7. The van der Waals surface area contributed by atoms with Gasteiger partial charge in [-0.2, -0.15) is 0 Å². The number of nitrogens with zero attached hydrogens (tertiary/aromatic N) is 2. The molecule has 0 spiro atoms. The lowest BCUT2D eigenvalue weighted by Gasteiger charge is -2.30. The van der Waals surface area contributed by atoms with Gasteiger partial charge in [-0.3, -0.25) is 14.5 Å². The average molecular weight is 402 g/mol. The zero-order chi connectivity index (χ0) is 20.4. The molecular weight excluding hydrogens is 380 g/mol. The van der Waals surface area contributed by atoms with E-state index in [1.807, 2.05) is 54.6 Å². The van der Waals surface area contributed by atoms with Gasteiger partial charge in [-0.05, 0) is 30.0 Å². The van der Waals surface area contributed by atoms with E-state index in [9.17, 15) is 9.59 Å². The Morgan fingerprint density at radius 3 is 2.47 bits per heavy atom. The highest BCUT2D eigenvalue weighted by Gasteiger charge is 2.70. The molecule has 4 aliphatic rings. The van der Waals surface area contributed by atoms with Crippen LogP contribution in [0.2, 0.25) is 0 Å². The molecule has 0 radical (unpaired) electrons. The maximum Gasteiger partial charge on any atom is 0.233 e. The summed E-state index contributed by atoms with van der Waals surface area (Å²) >= 11 is 0. The fraction of sp³-hybridized carbons (Fsp3) is 0.375. The first-order chi connectivity index (χ1) is 14.6. The predicted molar refractivity (Wildman–Crippen MR) is 108 cm³/mol. The molecule has 6 nitrogen and oxygen atoms in total. The zero-order valence-electron chi connectivity index (χ0n) is 16.6. The van der Waals surface area contributed by atoms with Gasteiger partial charge in [-0.1, -0.05) is 47.6 Å². The Balaban J connectivity index is 1.30. The van der Waals surface area contributed by atoms with Crippen LogP contribution < -0.4 is 4.74 Å². The first-order valence-electron chi connectivity index (χ1n) is 10.5.